The van der Waals surface area contributed by atoms with Gasteiger partial charge in [0, 0.05) is 31.5 Å². The second-order valence-corrected chi connectivity index (χ2v) is 7.02. The third-order valence-corrected chi connectivity index (χ3v) is 4.63. The van der Waals surface area contributed by atoms with Crippen LogP contribution in [-0.2, 0) is 0 Å². The van der Waals surface area contributed by atoms with Crippen LogP contribution in [0.3, 0.4) is 0 Å². The summed E-state index contributed by atoms with van der Waals surface area (Å²) >= 11 is 1.09. The second kappa shape index (κ2) is 9.33. The molecular weight excluding hydrogens is 431 g/mol. The zero-order valence-corrected chi connectivity index (χ0v) is 17.0. The van der Waals surface area contributed by atoms with E-state index in [1.807, 2.05) is 19.0 Å². The van der Waals surface area contributed by atoms with Gasteiger partial charge in [-0.2, -0.15) is 0 Å². The molecule has 156 valence electrons. The molecule has 1 aromatic carbocycles. The summed E-state index contributed by atoms with van der Waals surface area (Å²) in [7, 11) is 3.72. The molecule has 0 saturated heterocycles. The summed E-state index contributed by atoms with van der Waals surface area (Å²) in [6.07, 6.45) is -1.85. The van der Waals surface area contributed by atoms with Gasteiger partial charge in [0.1, 0.15) is 5.75 Å². The van der Waals surface area contributed by atoms with Gasteiger partial charge in [-0.25, -0.2) is 15.0 Å². The van der Waals surface area contributed by atoms with Gasteiger partial charge in [0.25, 0.3) is 5.91 Å². The first-order valence-corrected chi connectivity index (χ1v) is 8.94. The highest BCUT2D eigenvalue weighted by Gasteiger charge is 2.31. The molecule has 0 aliphatic heterocycles. The van der Waals surface area contributed by atoms with Crippen LogP contribution in [0.25, 0.3) is 10.2 Å². The van der Waals surface area contributed by atoms with Crippen molar-refractivity contribution in [3.63, 3.8) is 0 Å². The molecule has 12 heteroatoms. The molecule has 0 aliphatic carbocycles. The van der Waals surface area contributed by atoms with E-state index < -0.39 is 12.3 Å². The van der Waals surface area contributed by atoms with Crippen molar-refractivity contribution in [1.82, 2.24) is 19.9 Å². The van der Waals surface area contributed by atoms with Crippen molar-refractivity contribution in [1.29, 1.82) is 0 Å². The third-order valence-electron chi connectivity index (χ3n) is 3.59. The number of rotatable bonds is 6. The van der Waals surface area contributed by atoms with E-state index in [4.69, 9.17) is 0 Å². The van der Waals surface area contributed by atoms with Crippen LogP contribution in [0, 0.1) is 0 Å². The fourth-order valence-corrected chi connectivity index (χ4v) is 3.34. The number of likely N-dealkylation sites (N-methyl/N-ethyl adjacent to an activating group) is 1. The lowest BCUT2D eigenvalue weighted by Crippen LogP contribution is -2.37. The molecule has 29 heavy (non-hydrogen) atoms. The Hall–Kier alpha value is -2.50. The summed E-state index contributed by atoms with van der Waals surface area (Å²) in [6.45, 7) is 0.868. The molecule has 0 saturated carbocycles. The van der Waals surface area contributed by atoms with E-state index in [1.165, 1.54) is 35.5 Å². The number of nitrogens with zero attached hydrogens (tertiary/aromatic N) is 5. The van der Waals surface area contributed by atoms with Crippen molar-refractivity contribution in [3.05, 3.63) is 42.5 Å². The van der Waals surface area contributed by atoms with Crippen molar-refractivity contribution in [2.45, 2.75) is 6.36 Å². The van der Waals surface area contributed by atoms with E-state index >= 15 is 0 Å². The molecule has 0 aliphatic rings. The lowest BCUT2D eigenvalue weighted by Gasteiger charge is -2.21. The van der Waals surface area contributed by atoms with E-state index in [2.05, 4.69) is 19.7 Å². The highest BCUT2D eigenvalue weighted by Crippen LogP contribution is 2.33. The molecular formula is C17H17ClF3N5O2S. The molecule has 2 aromatic heterocycles. The highest BCUT2D eigenvalue weighted by molar-refractivity contribution is 7.22. The average molecular weight is 448 g/mol. The van der Waals surface area contributed by atoms with Crippen LogP contribution < -0.4 is 9.64 Å². The number of thiazole rings is 1. The first kappa shape index (κ1) is 22.8. The molecule has 0 fully saturated rings. The van der Waals surface area contributed by atoms with Crippen molar-refractivity contribution >= 4 is 45.0 Å². The standard InChI is InChI=1S/C17H16F3N5O2S.ClH/c1-24(2)8-9-25(15(26)14-21-6-3-7-22-14)16-23-12-5-4-11(10-13(12)28-16)27-17(18,19)20;/h3-7,10H,8-9H2,1-2H3;1H. The normalized spacial score (nSPS) is 11.4. The molecule has 7 nitrogen and oxygen atoms in total. The highest BCUT2D eigenvalue weighted by atomic mass is 35.5. The van der Waals surface area contributed by atoms with Crippen LogP contribution in [0.5, 0.6) is 5.75 Å². The Morgan fingerprint density at radius 1 is 1.17 bits per heavy atom. The van der Waals surface area contributed by atoms with Gasteiger partial charge in [0.05, 0.1) is 10.2 Å². The van der Waals surface area contributed by atoms with Crippen LogP contribution >= 0.6 is 23.7 Å². The predicted octanol–water partition coefficient (Wildman–Crippen LogP) is 3.62. The number of benzene rings is 1. The van der Waals surface area contributed by atoms with E-state index in [9.17, 15) is 18.0 Å². The molecule has 1 amide bonds. The summed E-state index contributed by atoms with van der Waals surface area (Å²) in [5.74, 6) is -0.761. The lowest BCUT2D eigenvalue weighted by molar-refractivity contribution is -0.274. The topological polar surface area (TPSA) is 71.5 Å². The van der Waals surface area contributed by atoms with Gasteiger partial charge in [-0.3, -0.25) is 9.69 Å². The number of carbonyl (C=O) groups is 1. The lowest BCUT2D eigenvalue weighted by atomic mass is 10.3. The van der Waals surface area contributed by atoms with Crippen molar-refractivity contribution in [2.24, 2.45) is 0 Å². The molecule has 0 radical (unpaired) electrons. The number of halogens is 4. The predicted molar refractivity (Wildman–Crippen MR) is 106 cm³/mol. The van der Waals surface area contributed by atoms with Crippen LogP contribution in [0.4, 0.5) is 18.3 Å². The first-order valence-electron chi connectivity index (χ1n) is 8.13. The number of anilines is 1. The minimum atomic E-state index is -4.78. The van der Waals surface area contributed by atoms with Gasteiger partial charge >= 0.3 is 6.36 Å². The van der Waals surface area contributed by atoms with E-state index in [-0.39, 0.29) is 24.0 Å². The molecule has 0 N–H and O–H groups in total. The van der Waals surface area contributed by atoms with E-state index in [1.54, 1.807) is 6.07 Å². The number of aromatic nitrogens is 3. The Balaban J connectivity index is 0.00000300. The SMILES string of the molecule is CN(C)CCN(C(=O)c1ncccn1)c1nc2ccc(OC(F)(F)F)cc2s1.Cl. The van der Waals surface area contributed by atoms with Gasteiger partial charge in [-0.15, -0.1) is 25.6 Å². The number of carbonyl (C=O) groups excluding carboxylic acids is 1. The van der Waals surface area contributed by atoms with Crippen LogP contribution in [-0.4, -0.2) is 59.3 Å². The number of hydrogen-bond donors (Lipinski definition) is 0. The monoisotopic (exact) mass is 447 g/mol. The van der Waals surface area contributed by atoms with Crippen LogP contribution in [0.2, 0.25) is 0 Å². The fraction of sp³-hybridized carbons (Fsp3) is 0.294. The second-order valence-electron chi connectivity index (χ2n) is 6.01. The molecule has 2 heterocycles. The van der Waals surface area contributed by atoms with Crippen LogP contribution in [0.1, 0.15) is 10.6 Å². The van der Waals surface area contributed by atoms with Crippen molar-refractivity contribution < 1.29 is 22.7 Å². The summed E-state index contributed by atoms with van der Waals surface area (Å²) in [4.78, 5) is 28.5. The average Bonchev–Trinajstić information content (AvgIpc) is 3.03. The summed E-state index contributed by atoms with van der Waals surface area (Å²) in [5, 5.41) is 0.346. The molecule has 3 aromatic rings. The van der Waals surface area contributed by atoms with E-state index in [0.717, 1.165) is 11.3 Å². The Labute approximate surface area is 174 Å². The number of fused-ring (bicyclic) bond motifs is 1. The Kier molecular flexibility index (Phi) is 7.33. The van der Waals surface area contributed by atoms with Gasteiger partial charge in [-0.05, 0) is 32.3 Å². The Morgan fingerprint density at radius 3 is 2.48 bits per heavy atom. The third kappa shape index (κ3) is 5.99. The Bertz CT molecular complexity index is 969. The quantitative estimate of drug-likeness (QED) is 0.575. The van der Waals surface area contributed by atoms with Gasteiger partial charge < -0.3 is 9.64 Å². The maximum atomic E-state index is 12.9. The molecule has 0 unspecified atom stereocenters. The smallest absolute Gasteiger partial charge is 0.406 e. The zero-order valence-electron chi connectivity index (χ0n) is 15.4. The number of ether oxygens (including phenoxy) is 1. The maximum Gasteiger partial charge on any atom is 0.573 e. The number of hydrogen-bond acceptors (Lipinski definition) is 7. The summed E-state index contributed by atoms with van der Waals surface area (Å²) in [6, 6.07) is 5.45. The summed E-state index contributed by atoms with van der Waals surface area (Å²) in [5.41, 5.74) is 0.464. The minimum Gasteiger partial charge on any atom is -0.406 e. The minimum absolute atomic E-state index is 0. The van der Waals surface area contributed by atoms with E-state index in [0.29, 0.717) is 28.4 Å². The Morgan fingerprint density at radius 2 is 1.86 bits per heavy atom. The summed E-state index contributed by atoms with van der Waals surface area (Å²) < 4.78 is 41.7. The molecule has 0 spiro atoms. The van der Waals surface area contributed by atoms with Crippen molar-refractivity contribution in [2.75, 3.05) is 32.1 Å². The first-order chi connectivity index (χ1) is 13.2. The van der Waals surface area contributed by atoms with Gasteiger partial charge in [-0.1, -0.05) is 11.3 Å². The number of amides is 1. The fourth-order valence-electron chi connectivity index (χ4n) is 2.32. The van der Waals surface area contributed by atoms with Crippen LogP contribution in [0.15, 0.2) is 36.7 Å². The molecule has 3 rings (SSSR count). The van der Waals surface area contributed by atoms with Gasteiger partial charge in [0.2, 0.25) is 5.82 Å². The molecule has 0 atom stereocenters. The largest absolute Gasteiger partial charge is 0.573 e. The molecule has 0 bridgehead atoms. The maximum absolute atomic E-state index is 12.9. The number of alkyl halides is 3. The zero-order chi connectivity index (χ0) is 20.3. The van der Waals surface area contributed by atoms with Gasteiger partial charge in [0.15, 0.2) is 5.13 Å². The van der Waals surface area contributed by atoms with Crippen molar-refractivity contribution in [3.8, 4) is 5.75 Å².